The van der Waals surface area contributed by atoms with E-state index in [4.69, 9.17) is 16.3 Å². The summed E-state index contributed by atoms with van der Waals surface area (Å²) in [5, 5.41) is 6.05. The predicted octanol–water partition coefficient (Wildman–Crippen LogP) is 3.81. The number of hydrogen-bond acceptors (Lipinski definition) is 6. The summed E-state index contributed by atoms with van der Waals surface area (Å²) in [6.45, 7) is 0. The van der Waals surface area contributed by atoms with Gasteiger partial charge in [0.2, 0.25) is 5.16 Å². The molecule has 0 radical (unpaired) electrons. The van der Waals surface area contributed by atoms with Gasteiger partial charge >= 0.3 is 5.97 Å². The van der Waals surface area contributed by atoms with E-state index in [1.807, 2.05) is 36.4 Å². The number of halogens is 1. The van der Waals surface area contributed by atoms with E-state index in [9.17, 15) is 4.79 Å². The topological polar surface area (TPSA) is 69.4 Å². The molecule has 136 valence electrons. The van der Waals surface area contributed by atoms with Crippen LogP contribution in [0.1, 0.15) is 5.56 Å². The Labute approximate surface area is 164 Å². The molecule has 1 unspecified atom stereocenters. The van der Waals surface area contributed by atoms with E-state index >= 15 is 0 Å². The van der Waals surface area contributed by atoms with E-state index in [1.165, 1.54) is 18.9 Å². The zero-order chi connectivity index (χ0) is 18.8. The maximum Gasteiger partial charge on any atom is 0.319 e. The van der Waals surface area contributed by atoms with Crippen LogP contribution in [0.25, 0.3) is 16.6 Å². The molecular formula is C19H15ClN4O2S. The molecule has 6 nitrogen and oxygen atoms in total. The van der Waals surface area contributed by atoms with Gasteiger partial charge in [0.1, 0.15) is 11.6 Å². The molecule has 1 atom stereocenters. The molecule has 8 heteroatoms. The highest BCUT2D eigenvalue weighted by Crippen LogP contribution is 2.26. The van der Waals surface area contributed by atoms with Crippen molar-refractivity contribution < 1.29 is 9.53 Å². The zero-order valence-corrected chi connectivity index (χ0v) is 15.9. The number of thioether (sulfide) groups is 1. The largest absolute Gasteiger partial charge is 0.468 e. The molecule has 27 heavy (non-hydrogen) atoms. The lowest BCUT2D eigenvalue weighted by atomic mass is 10.1. The van der Waals surface area contributed by atoms with Gasteiger partial charge < -0.3 is 4.74 Å². The first-order valence-corrected chi connectivity index (χ1v) is 9.49. The average Bonchev–Trinajstić information content (AvgIpc) is 3.11. The maximum atomic E-state index is 12.3. The van der Waals surface area contributed by atoms with Gasteiger partial charge in [0.15, 0.2) is 5.65 Å². The second-order valence-electron chi connectivity index (χ2n) is 5.88. The molecule has 0 saturated carbocycles. The average molecular weight is 399 g/mol. The molecular weight excluding hydrogens is 384 g/mol. The Hall–Kier alpha value is -2.64. The predicted molar refractivity (Wildman–Crippen MR) is 105 cm³/mol. The number of benzene rings is 2. The van der Waals surface area contributed by atoms with Crippen molar-refractivity contribution in [3.05, 3.63) is 65.4 Å². The number of esters is 1. The third-order valence-electron chi connectivity index (χ3n) is 4.11. The van der Waals surface area contributed by atoms with Gasteiger partial charge in [-0.3, -0.25) is 4.79 Å². The highest BCUT2D eigenvalue weighted by molar-refractivity contribution is 8.00. The molecule has 0 bridgehead atoms. The molecule has 2 aromatic heterocycles. The Balaban J connectivity index is 1.65. The number of fused-ring (bicyclic) bond motifs is 3. The molecule has 0 fully saturated rings. The quantitative estimate of drug-likeness (QED) is 0.376. The Morgan fingerprint density at radius 1 is 1.22 bits per heavy atom. The van der Waals surface area contributed by atoms with Gasteiger partial charge in [-0.1, -0.05) is 47.6 Å². The van der Waals surface area contributed by atoms with Crippen LogP contribution in [0, 0.1) is 0 Å². The van der Waals surface area contributed by atoms with Gasteiger partial charge in [0.05, 0.1) is 12.6 Å². The Kier molecular flexibility index (Phi) is 4.96. The van der Waals surface area contributed by atoms with Crippen molar-refractivity contribution in [1.29, 1.82) is 0 Å². The minimum absolute atomic E-state index is 0.322. The normalized spacial score (nSPS) is 12.4. The van der Waals surface area contributed by atoms with Crippen LogP contribution in [0.15, 0.2) is 60.0 Å². The van der Waals surface area contributed by atoms with Gasteiger partial charge in [0, 0.05) is 10.4 Å². The van der Waals surface area contributed by atoms with Crippen molar-refractivity contribution in [3.8, 4) is 0 Å². The smallest absolute Gasteiger partial charge is 0.319 e. The first kappa shape index (κ1) is 17.8. The summed E-state index contributed by atoms with van der Waals surface area (Å²) in [4.78, 5) is 21.2. The lowest BCUT2D eigenvalue weighted by molar-refractivity contribution is -0.139. The number of hydrogen-bond donors (Lipinski definition) is 0. The van der Waals surface area contributed by atoms with Crippen LogP contribution in [-0.4, -0.2) is 37.9 Å². The molecule has 0 aliphatic rings. The lowest BCUT2D eigenvalue weighted by Gasteiger charge is -2.12. The number of rotatable bonds is 5. The van der Waals surface area contributed by atoms with Crippen molar-refractivity contribution in [1.82, 2.24) is 19.6 Å². The Morgan fingerprint density at radius 2 is 2.00 bits per heavy atom. The summed E-state index contributed by atoms with van der Waals surface area (Å²) in [5.74, 6) is -0.322. The summed E-state index contributed by atoms with van der Waals surface area (Å²) in [6.07, 6.45) is 2.12. The molecule has 0 amide bonds. The van der Waals surface area contributed by atoms with Crippen LogP contribution in [0.3, 0.4) is 0 Å². The van der Waals surface area contributed by atoms with Gasteiger partial charge in [-0.05, 0) is 36.2 Å². The zero-order valence-electron chi connectivity index (χ0n) is 14.4. The highest BCUT2D eigenvalue weighted by atomic mass is 35.5. The van der Waals surface area contributed by atoms with Gasteiger partial charge in [-0.25, -0.2) is 14.5 Å². The molecule has 4 aromatic rings. The number of para-hydroxylation sites is 1. The number of methoxy groups -OCH3 is 1. The van der Waals surface area contributed by atoms with Crippen molar-refractivity contribution in [2.24, 2.45) is 0 Å². The summed E-state index contributed by atoms with van der Waals surface area (Å²) in [7, 11) is 1.38. The fourth-order valence-electron chi connectivity index (χ4n) is 2.78. The highest BCUT2D eigenvalue weighted by Gasteiger charge is 2.24. The Bertz CT molecular complexity index is 1110. The van der Waals surface area contributed by atoms with Crippen molar-refractivity contribution in [2.75, 3.05) is 7.11 Å². The molecule has 2 aromatic carbocycles. The molecule has 0 N–H and O–H groups in total. The monoisotopic (exact) mass is 398 g/mol. The van der Waals surface area contributed by atoms with E-state index in [-0.39, 0.29) is 5.97 Å². The fourth-order valence-corrected chi connectivity index (χ4v) is 3.90. The molecule has 0 aliphatic heterocycles. The van der Waals surface area contributed by atoms with Crippen LogP contribution < -0.4 is 0 Å². The summed E-state index contributed by atoms with van der Waals surface area (Å²) < 4.78 is 6.59. The summed E-state index contributed by atoms with van der Waals surface area (Å²) >= 11 is 7.21. The van der Waals surface area contributed by atoms with Crippen LogP contribution in [0.2, 0.25) is 5.02 Å². The van der Waals surface area contributed by atoms with Crippen LogP contribution in [0.4, 0.5) is 0 Å². The molecule has 2 heterocycles. The van der Waals surface area contributed by atoms with Gasteiger partial charge in [-0.2, -0.15) is 0 Å². The first-order chi connectivity index (χ1) is 13.1. The van der Waals surface area contributed by atoms with Crippen LogP contribution in [0.5, 0.6) is 0 Å². The number of aromatic nitrogens is 4. The van der Waals surface area contributed by atoms with Crippen LogP contribution >= 0.6 is 23.4 Å². The number of carbonyl (C=O) groups excluding carboxylic acids is 1. The van der Waals surface area contributed by atoms with Crippen molar-refractivity contribution >= 4 is 45.9 Å². The second-order valence-corrected chi connectivity index (χ2v) is 7.49. The van der Waals surface area contributed by atoms with Crippen molar-refractivity contribution in [2.45, 2.75) is 16.8 Å². The third-order valence-corrected chi connectivity index (χ3v) is 5.39. The van der Waals surface area contributed by atoms with Crippen molar-refractivity contribution in [3.63, 3.8) is 0 Å². The first-order valence-electron chi connectivity index (χ1n) is 8.23. The second kappa shape index (κ2) is 7.54. The molecule has 0 aliphatic carbocycles. The van der Waals surface area contributed by atoms with E-state index in [0.717, 1.165) is 16.5 Å². The minimum Gasteiger partial charge on any atom is -0.468 e. The van der Waals surface area contributed by atoms with Gasteiger partial charge in [-0.15, -0.1) is 5.10 Å². The number of ether oxygens (including phenoxy) is 1. The van der Waals surface area contributed by atoms with E-state index in [1.54, 1.807) is 23.0 Å². The van der Waals surface area contributed by atoms with Gasteiger partial charge in [0.25, 0.3) is 0 Å². The molecule has 4 rings (SSSR count). The van der Waals surface area contributed by atoms with E-state index in [2.05, 4.69) is 15.1 Å². The fraction of sp³-hybridized carbons (Fsp3) is 0.158. The minimum atomic E-state index is -0.465. The lowest BCUT2D eigenvalue weighted by Crippen LogP contribution is -2.21. The number of carbonyl (C=O) groups is 1. The molecule has 0 spiro atoms. The maximum absolute atomic E-state index is 12.3. The van der Waals surface area contributed by atoms with E-state index in [0.29, 0.717) is 22.2 Å². The number of nitrogens with zero attached hydrogens (tertiary/aromatic N) is 4. The Morgan fingerprint density at radius 3 is 2.78 bits per heavy atom. The standard InChI is InChI=1S/C19H15ClN4O2S/c1-26-18(25)16(10-12-6-8-13(20)9-7-12)27-19-22-17-14-4-2-3-5-15(14)21-11-24(17)23-19/h2-9,11,16H,10H2,1H3. The third kappa shape index (κ3) is 3.74. The molecule has 0 saturated heterocycles. The summed E-state index contributed by atoms with van der Waals surface area (Å²) in [6, 6.07) is 15.1. The van der Waals surface area contributed by atoms with Crippen LogP contribution in [-0.2, 0) is 16.0 Å². The summed E-state index contributed by atoms with van der Waals surface area (Å²) in [5.41, 5.74) is 2.54. The SMILES string of the molecule is COC(=O)C(Cc1ccc(Cl)cc1)Sc1nc2c3ccccc3ncn2n1. The van der Waals surface area contributed by atoms with E-state index < -0.39 is 5.25 Å².